The largest absolute Gasteiger partial charge is 0.310 e. The van der Waals surface area contributed by atoms with Crippen LogP contribution in [0.25, 0.3) is 75.1 Å². The van der Waals surface area contributed by atoms with Gasteiger partial charge in [-0.05, 0) is 116 Å². The molecule has 10 rings (SSSR count). The van der Waals surface area contributed by atoms with Gasteiger partial charge in [-0.1, -0.05) is 140 Å². The highest BCUT2D eigenvalue weighted by Crippen LogP contribution is 2.42. The molecule has 244 valence electrons. The molecule has 10 aromatic rings. The lowest BCUT2D eigenvalue weighted by Crippen LogP contribution is -2.09. The molecule has 9 aromatic carbocycles. The Kier molecular flexibility index (Phi) is 7.41. The Morgan fingerprint density at radius 2 is 0.769 bits per heavy atom. The van der Waals surface area contributed by atoms with Crippen LogP contribution in [0.4, 0.5) is 17.1 Å². The van der Waals surface area contributed by atoms with E-state index in [1.165, 1.54) is 75.1 Å². The van der Waals surface area contributed by atoms with Crippen molar-refractivity contribution in [3.8, 4) is 33.4 Å². The number of thiophene rings is 1. The van der Waals surface area contributed by atoms with Crippen molar-refractivity contribution >= 4 is 70.1 Å². The average Bonchev–Trinajstić information content (AvgIpc) is 3.59. The summed E-state index contributed by atoms with van der Waals surface area (Å²) >= 11 is 1.86. The molecular weight excluding hydrogens is 647 g/mol. The van der Waals surface area contributed by atoms with Crippen molar-refractivity contribution in [1.29, 1.82) is 0 Å². The van der Waals surface area contributed by atoms with E-state index < -0.39 is 0 Å². The molecule has 0 unspecified atom stereocenters. The van der Waals surface area contributed by atoms with E-state index in [9.17, 15) is 0 Å². The number of hydrogen-bond donors (Lipinski definition) is 0. The van der Waals surface area contributed by atoms with Crippen molar-refractivity contribution in [2.45, 2.75) is 0 Å². The summed E-state index contributed by atoms with van der Waals surface area (Å²) < 4.78 is 2.61. The maximum atomic E-state index is 2.39. The Morgan fingerprint density at radius 3 is 1.52 bits per heavy atom. The Balaban J connectivity index is 1.04. The quantitative estimate of drug-likeness (QED) is 0.169. The van der Waals surface area contributed by atoms with Crippen LogP contribution in [-0.4, -0.2) is 0 Å². The minimum Gasteiger partial charge on any atom is -0.310 e. The third-order valence-electron chi connectivity index (χ3n) is 10.2. The summed E-state index contributed by atoms with van der Waals surface area (Å²) in [7, 11) is 0. The second-order valence-corrected chi connectivity index (χ2v) is 14.5. The van der Waals surface area contributed by atoms with Gasteiger partial charge in [-0.25, -0.2) is 0 Å². The van der Waals surface area contributed by atoms with E-state index in [4.69, 9.17) is 0 Å². The van der Waals surface area contributed by atoms with Crippen molar-refractivity contribution in [3.63, 3.8) is 0 Å². The molecule has 0 amide bonds. The van der Waals surface area contributed by atoms with E-state index in [-0.39, 0.29) is 0 Å². The summed E-state index contributed by atoms with van der Waals surface area (Å²) in [6.07, 6.45) is 0. The normalized spacial score (nSPS) is 11.5. The molecule has 0 radical (unpaired) electrons. The van der Waals surface area contributed by atoms with Gasteiger partial charge >= 0.3 is 0 Å². The van der Waals surface area contributed by atoms with Gasteiger partial charge in [0.05, 0.1) is 0 Å². The maximum absolute atomic E-state index is 2.39. The molecule has 1 aromatic heterocycles. The van der Waals surface area contributed by atoms with Crippen LogP contribution in [0.5, 0.6) is 0 Å². The lowest BCUT2D eigenvalue weighted by atomic mass is 9.96. The molecule has 1 nitrogen and oxygen atoms in total. The highest BCUT2D eigenvalue weighted by atomic mass is 32.1. The molecule has 0 saturated heterocycles. The Labute approximate surface area is 307 Å². The van der Waals surface area contributed by atoms with Gasteiger partial charge in [0.25, 0.3) is 0 Å². The standard InChI is InChI=1S/C50H33NS/c1-2-9-34(10-3-1)36-23-25-44(26-24-36)51(46-27-28-48-47-15-6-7-16-49(47)52-50(48)33-46)45-14-8-13-38(32-45)39-19-20-43-31-42(22-21-41(43)30-39)40-18-17-35-11-4-5-12-37(35)29-40/h1-33H. The van der Waals surface area contributed by atoms with E-state index in [0.717, 1.165) is 17.1 Å². The van der Waals surface area contributed by atoms with Crippen LogP contribution in [0.15, 0.2) is 200 Å². The van der Waals surface area contributed by atoms with Crippen LogP contribution >= 0.6 is 11.3 Å². The van der Waals surface area contributed by atoms with Crippen molar-refractivity contribution in [2.24, 2.45) is 0 Å². The van der Waals surface area contributed by atoms with Crippen molar-refractivity contribution in [3.05, 3.63) is 200 Å². The van der Waals surface area contributed by atoms with E-state index in [1.807, 2.05) is 11.3 Å². The summed E-state index contributed by atoms with van der Waals surface area (Å²) in [5.74, 6) is 0. The zero-order valence-electron chi connectivity index (χ0n) is 28.4. The van der Waals surface area contributed by atoms with Gasteiger partial charge in [-0.2, -0.15) is 0 Å². The molecule has 0 N–H and O–H groups in total. The predicted octanol–water partition coefficient (Wildman–Crippen LogP) is 14.8. The molecule has 0 aliphatic heterocycles. The third-order valence-corrected chi connectivity index (χ3v) is 11.3. The zero-order chi connectivity index (χ0) is 34.4. The zero-order valence-corrected chi connectivity index (χ0v) is 29.2. The summed E-state index contributed by atoms with van der Waals surface area (Å²) in [5, 5.41) is 7.62. The van der Waals surface area contributed by atoms with Crippen LogP contribution < -0.4 is 4.90 Å². The number of hydrogen-bond acceptors (Lipinski definition) is 2. The molecule has 2 heteroatoms. The topological polar surface area (TPSA) is 3.24 Å². The Bertz CT molecular complexity index is 2900. The number of benzene rings is 9. The minimum absolute atomic E-state index is 1.12. The summed E-state index contributed by atoms with van der Waals surface area (Å²) in [6, 6.07) is 73.0. The van der Waals surface area contributed by atoms with Crippen LogP contribution in [-0.2, 0) is 0 Å². The molecule has 0 atom stereocenters. The van der Waals surface area contributed by atoms with Crippen LogP contribution in [0.1, 0.15) is 0 Å². The van der Waals surface area contributed by atoms with Crippen molar-refractivity contribution in [1.82, 2.24) is 0 Å². The maximum Gasteiger partial charge on any atom is 0.0476 e. The molecule has 0 spiro atoms. The first-order valence-electron chi connectivity index (χ1n) is 17.7. The highest BCUT2D eigenvalue weighted by molar-refractivity contribution is 7.25. The van der Waals surface area contributed by atoms with Gasteiger partial charge in [0, 0.05) is 37.2 Å². The van der Waals surface area contributed by atoms with E-state index in [0.29, 0.717) is 0 Å². The predicted molar refractivity (Wildman–Crippen MR) is 225 cm³/mol. The molecule has 0 aliphatic carbocycles. The van der Waals surface area contributed by atoms with E-state index in [2.05, 4.69) is 205 Å². The second-order valence-electron chi connectivity index (χ2n) is 13.4. The van der Waals surface area contributed by atoms with Crippen molar-refractivity contribution in [2.75, 3.05) is 4.90 Å². The first kappa shape index (κ1) is 30.4. The van der Waals surface area contributed by atoms with E-state index in [1.54, 1.807) is 0 Å². The smallest absolute Gasteiger partial charge is 0.0476 e. The monoisotopic (exact) mass is 679 g/mol. The lowest BCUT2D eigenvalue weighted by Gasteiger charge is -2.26. The highest BCUT2D eigenvalue weighted by Gasteiger charge is 2.16. The van der Waals surface area contributed by atoms with Gasteiger partial charge in [0.1, 0.15) is 0 Å². The van der Waals surface area contributed by atoms with Crippen LogP contribution in [0, 0.1) is 0 Å². The lowest BCUT2D eigenvalue weighted by molar-refractivity contribution is 1.29. The van der Waals surface area contributed by atoms with Gasteiger partial charge in [-0.15, -0.1) is 11.3 Å². The SMILES string of the molecule is c1ccc(-c2ccc(N(c3cccc(-c4ccc5cc(-c6ccc7ccccc7c6)ccc5c4)c3)c3ccc4c(c3)sc3ccccc34)cc2)cc1. The molecular formula is C50H33NS. The molecule has 0 aliphatic rings. The average molecular weight is 680 g/mol. The fourth-order valence-electron chi connectivity index (χ4n) is 7.53. The van der Waals surface area contributed by atoms with Gasteiger partial charge in [0.15, 0.2) is 0 Å². The van der Waals surface area contributed by atoms with Crippen LogP contribution in [0.2, 0.25) is 0 Å². The Hall–Kier alpha value is -6.48. The summed E-state index contributed by atoms with van der Waals surface area (Å²) in [5.41, 5.74) is 10.7. The molecule has 0 bridgehead atoms. The fraction of sp³-hybridized carbons (Fsp3) is 0. The second kappa shape index (κ2) is 12.7. The third kappa shape index (κ3) is 5.51. The molecule has 1 heterocycles. The fourth-order valence-corrected chi connectivity index (χ4v) is 8.67. The number of fused-ring (bicyclic) bond motifs is 5. The first-order chi connectivity index (χ1) is 25.7. The molecule has 0 fully saturated rings. The minimum atomic E-state index is 1.12. The van der Waals surface area contributed by atoms with Gasteiger partial charge in [-0.3, -0.25) is 0 Å². The van der Waals surface area contributed by atoms with Crippen molar-refractivity contribution < 1.29 is 0 Å². The number of nitrogens with zero attached hydrogens (tertiary/aromatic N) is 1. The van der Waals surface area contributed by atoms with E-state index >= 15 is 0 Å². The summed E-state index contributed by atoms with van der Waals surface area (Å²) in [4.78, 5) is 2.39. The molecule has 0 saturated carbocycles. The van der Waals surface area contributed by atoms with Crippen LogP contribution in [0.3, 0.4) is 0 Å². The van der Waals surface area contributed by atoms with Gasteiger partial charge in [0.2, 0.25) is 0 Å². The molecule has 52 heavy (non-hydrogen) atoms. The Morgan fingerprint density at radius 1 is 0.269 bits per heavy atom. The number of anilines is 3. The first-order valence-corrected chi connectivity index (χ1v) is 18.6. The summed E-state index contributed by atoms with van der Waals surface area (Å²) in [6.45, 7) is 0. The number of rotatable bonds is 6. The van der Waals surface area contributed by atoms with Gasteiger partial charge < -0.3 is 4.90 Å².